The zero-order valence-corrected chi connectivity index (χ0v) is 7.54. The molecule has 1 unspecified atom stereocenters. The van der Waals surface area contributed by atoms with Crippen LogP contribution in [-0.4, -0.2) is 15.0 Å². The van der Waals surface area contributed by atoms with E-state index in [1.165, 1.54) is 0 Å². The molecule has 1 nitrogen and oxygen atoms in total. The molecule has 1 N–H and O–H groups in total. The Morgan fingerprint density at radius 2 is 1.70 bits per heavy atom. The first-order valence-electron chi connectivity index (χ1n) is 3.56. The molecule has 0 saturated heterocycles. The fraction of sp³-hybridized carbons (Fsp3) is 1.00. The van der Waals surface area contributed by atoms with Gasteiger partial charge in [-0.2, -0.15) is 0 Å². The normalized spacial score (nSPS) is 39.6. The van der Waals surface area contributed by atoms with Crippen LogP contribution in [0, 0.1) is 0 Å². The van der Waals surface area contributed by atoms with Crippen LogP contribution in [0.3, 0.4) is 0 Å². The van der Waals surface area contributed by atoms with Gasteiger partial charge in [-0.05, 0) is 19.8 Å². The summed E-state index contributed by atoms with van der Waals surface area (Å²) in [6, 6.07) is 0. The zero-order valence-electron chi connectivity index (χ0n) is 6.03. The molecule has 0 aliphatic heterocycles. The number of hydrogen-bond acceptors (Lipinski definition) is 1. The van der Waals surface area contributed by atoms with Gasteiger partial charge in [0.25, 0.3) is 0 Å². The van der Waals surface area contributed by atoms with Crippen molar-refractivity contribution in [3.05, 3.63) is 0 Å². The van der Waals surface area contributed by atoms with Crippen molar-refractivity contribution in [1.82, 2.24) is 0 Å². The lowest BCUT2D eigenvalue weighted by Crippen LogP contribution is -2.46. The Kier molecular flexibility index (Phi) is 2.20. The number of rotatable bonds is 0. The molecule has 0 radical (unpaired) electrons. The van der Waals surface area contributed by atoms with Crippen LogP contribution in [0.25, 0.3) is 0 Å². The van der Waals surface area contributed by atoms with Crippen LogP contribution in [0.4, 0.5) is 0 Å². The Morgan fingerprint density at radius 1 is 1.20 bits per heavy atom. The van der Waals surface area contributed by atoms with Gasteiger partial charge in [0.15, 0.2) is 0 Å². The Bertz CT molecular complexity index is 116. The highest BCUT2D eigenvalue weighted by molar-refractivity contribution is 6.49. The molecule has 1 fully saturated rings. The van der Waals surface area contributed by atoms with Crippen LogP contribution in [0.15, 0.2) is 0 Å². The average Bonchev–Trinajstić information content (AvgIpc) is 1.77. The molecule has 0 aromatic rings. The molecule has 1 saturated carbocycles. The van der Waals surface area contributed by atoms with Crippen molar-refractivity contribution in [1.29, 1.82) is 0 Å². The van der Waals surface area contributed by atoms with E-state index in [4.69, 9.17) is 23.2 Å². The van der Waals surface area contributed by atoms with Crippen molar-refractivity contribution in [2.24, 2.45) is 0 Å². The van der Waals surface area contributed by atoms with Gasteiger partial charge >= 0.3 is 0 Å². The molecule has 0 aromatic carbocycles. The Balaban J connectivity index is 2.70. The third-order valence-electron chi connectivity index (χ3n) is 2.19. The first kappa shape index (κ1) is 8.63. The number of hydrogen-bond donors (Lipinski definition) is 1. The summed E-state index contributed by atoms with van der Waals surface area (Å²) in [5, 5.41) is 9.64. The van der Waals surface area contributed by atoms with Crippen molar-refractivity contribution in [3.63, 3.8) is 0 Å². The fourth-order valence-electron chi connectivity index (χ4n) is 1.27. The number of alkyl halides is 2. The molecule has 1 atom stereocenters. The van der Waals surface area contributed by atoms with E-state index in [-0.39, 0.29) is 0 Å². The van der Waals surface area contributed by atoms with E-state index in [1.54, 1.807) is 6.92 Å². The summed E-state index contributed by atoms with van der Waals surface area (Å²) in [6.45, 7) is 1.70. The summed E-state index contributed by atoms with van der Waals surface area (Å²) in [4.78, 5) is 0. The minimum absolute atomic E-state index is 0.698. The third-order valence-corrected chi connectivity index (χ3v) is 3.38. The Labute approximate surface area is 71.3 Å². The van der Waals surface area contributed by atoms with Crippen LogP contribution in [0.5, 0.6) is 0 Å². The zero-order chi connectivity index (χ0) is 7.83. The number of halogens is 2. The van der Waals surface area contributed by atoms with E-state index >= 15 is 0 Å². The van der Waals surface area contributed by atoms with Gasteiger partial charge in [-0.15, -0.1) is 0 Å². The minimum Gasteiger partial charge on any atom is -0.387 e. The van der Waals surface area contributed by atoms with Gasteiger partial charge in [-0.25, -0.2) is 0 Å². The van der Waals surface area contributed by atoms with Gasteiger partial charge in [0, 0.05) is 0 Å². The van der Waals surface area contributed by atoms with Crippen molar-refractivity contribution in [2.45, 2.75) is 42.5 Å². The molecule has 3 heteroatoms. The van der Waals surface area contributed by atoms with Crippen LogP contribution < -0.4 is 0 Å². The lowest BCUT2D eigenvalue weighted by Gasteiger charge is -2.39. The summed E-state index contributed by atoms with van der Waals surface area (Å²) in [6.07, 6.45) is 3.44. The second-order valence-electron chi connectivity index (χ2n) is 3.19. The monoisotopic (exact) mass is 182 g/mol. The summed E-state index contributed by atoms with van der Waals surface area (Å²) < 4.78 is -0.925. The molecular weight excluding hydrogens is 171 g/mol. The van der Waals surface area contributed by atoms with Crippen LogP contribution >= 0.6 is 23.2 Å². The fourth-order valence-corrected chi connectivity index (χ4v) is 1.72. The van der Waals surface area contributed by atoms with Crippen LogP contribution in [-0.2, 0) is 0 Å². The quantitative estimate of drug-likeness (QED) is 0.572. The van der Waals surface area contributed by atoms with Gasteiger partial charge in [0.05, 0.1) is 5.60 Å². The van der Waals surface area contributed by atoms with E-state index < -0.39 is 9.93 Å². The van der Waals surface area contributed by atoms with E-state index in [0.717, 1.165) is 12.8 Å². The molecule has 1 rings (SSSR count). The highest BCUT2D eigenvalue weighted by atomic mass is 35.5. The Morgan fingerprint density at radius 3 is 2.00 bits per heavy atom. The molecule has 1 aliphatic carbocycles. The molecule has 0 aromatic heterocycles. The van der Waals surface area contributed by atoms with Crippen molar-refractivity contribution >= 4 is 23.2 Å². The Hall–Kier alpha value is 0.540. The lowest BCUT2D eigenvalue weighted by atomic mass is 9.85. The highest BCUT2D eigenvalue weighted by Gasteiger charge is 2.45. The van der Waals surface area contributed by atoms with Crippen molar-refractivity contribution in [3.8, 4) is 0 Å². The van der Waals surface area contributed by atoms with E-state index in [0.29, 0.717) is 12.8 Å². The minimum atomic E-state index is -0.925. The first-order chi connectivity index (χ1) is 4.46. The van der Waals surface area contributed by atoms with Crippen LogP contribution in [0.1, 0.15) is 32.6 Å². The maximum atomic E-state index is 9.64. The van der Waals surface area contributed by atoms with E-state index in [1.807, 2.05) is 0 Å². The van der Waals surface area contributed by atoms with E-state index in [9.17, 15) is 5.11 Å². The molecular formula is C7H12Cl2O. The average molecular weight is 183 g/mol. The maximum Gasteiger partial charge on any atom is 0.146 e. The second-order valence-corrected chi connectivity index (χ2v) is 4.67. The van der Waals surface area contributed by atoms with Gasteiger partial charge in [0.2, 0.25) is 0 Å². The lowest BCUT2D eigenvalue weighted by molar-refractivity contribution is 0.0129. The van der Waals surface area contributed by atoms with Gasteiger partial charge in [-0.1, -0.05) is 36.0 Å². The second kappa shape index (κ2) is 2.54. The maximum absolute atomic E-state index is 9.64. The smallest absolute Gasteiger partial charge is 0.146 e. The van der Waals surface area contributed by atoms with Crippen molar-refractivity contribution in [2.75, 3.05) is 0 Å². The third kappa shape index (κ3) is 1.41. The van der Waals surface area contributed by atoms with Crippen LogP contribution in [0.2, 0.25) is 0 Å². The molecule has 10 heavy (non-hydrogen) atoms. The van der Waals surface area contributed by atoms with Gasteiger partial charge < -0.3 is 5.11 Å². The highest BCUT2D eigenvalue weighted by Crippen LogP contribution is 2.44. The largest absolute Gasteiger partial charge is 0.387 e. The molecule has 1 aliphatic rings. The molecule has 0 amide bonds. The number of aliphatic hydroxyl groups is 1. The molecule has 0 bridgehead atoms. The SMILES string of the molecule is CC1(O)CCCCC1(Cl)Cl. The molecule has 0 heterocycles. The predicted molar refractivity (Wildman–Crippen MR) is 43.5 cm³/mol. The standard InChI is InChI=1S/C7H12Cl2O/c1-6(10)4-2-3-5-7(6,8)9/h10H,2-5H2,1H3. The van der Waals surface area contributed by atoms with Crippen molar-refractivity contribution < 1.29 is 5.11 Å². The first-order valence-corrected chi connectivity index (χ1v) is 4.31. The molecule has 0 spiro atoms. The summed E-state index contributed by atoms with van der Waals surface area (Å²) >= 11 is 11.8. The predicted octanol–water partition coefficient (Wildman–Crippen LogP) is 2.49. The summed E-state index contributed by atoms with van der Waals surface area (Å²) in [7, 11) is 0. The van der Waals surface area contributed by atoms with Gasteiger partial charge in [0.1, 0.15) is 4.33 Å². The van der Waals surface area contributed by atoms with E-state index in [2.05, 4.69) is 0 Å². The molecule has 60 valence electrons. The van der Waals surface area contributed by atoms with Gasteiger partial charge in [-0.3, -0.25) is 0 Å². The summed E-state index contributed by atoms with van der Waals surface area (Å²) in [5.41, 5.74) is -0.894. The topological polar surface area (TPSA) is 20.2 Å². The summed E-state index contributed by atoms with van der Waals surface area (Å²) in [5.74, 6) is 0.